The summed E-state index contributed by atoms with van der Waals surface area (Å²) in [6.07, 6.45) is 0.800. The lowest BCUT2D eigenvalue weighted by atomic mass is 10.1. The molecule has 0 heterocycles. The van der Waals surface area contributed by atoms with Gasteiger partial charge in [0.15, 0.2) is 17.5 Å². The summed E-state index contributed by atoms with van der Waals surface area (Å²) < 4.78 is 5.12. The Bertz CT molecular complexity index is 726. The molecular weight excluding hydrogens is 465 g/mol. The monoisotopic (exact) mass is 489 g/mol. The van der Waals surface area contributed by atoms with Crippen molar-refractivity contribution in [1.82, 2.24) is 10.6 Å². The molecule has 2 rings (SSSR count). The molecular formula is C19H25ClIN3O2. The van der Waals surface area contributed by atoms with Crippen LogP contribution < -0.4 is 15.4 Å². The van der Waals surface area contributed by atoms with Crippen LogP contribution in [-0.2, 0) is 13.0 Å². The summed E-state index contributed by atoms with van der Waals surface area (Å²) in [7, 11) is 1.53. The molecule has 2 aromatic rings. The van der Waals surface area contributed by atoms with Gasteiger partial charge in [-0.2, -0.15) is 0 Å². The number of phenolic OH excluding ortho intramolecular Hbond substituents is 1. The maximum Gasteiger partial charge on any atom is 0.191 e. The number of nitrogens with one attached hydrogen (secondary N) is 2. The van der Waals surface area contributed by atoms with E-state index in [1.165, 1.54) is 7.11 Å². The quantitative estimate of drug-likeness (QED) is 0.313. The first-order valence-corrected chi connectivity index (χ1v) is 8.64. The van der Waals surface area contributed by atoms with Crippen LogP contribution in [0.2, 0.25) is 5.02 Å². The number of hydrogen-bond acceptors (Lipinski definition) is 3. The van der Waals surface area contributed by atoms with Gasteiger partial charge in [0.2, 0.25) is 0 Å². The Kier molecular flexibility index (Phi) is 10.2. The molecule has 7 heteroatoms. The normalized spacial score (nSPS) is 10.8. The van der Waals surface area contributed by atoms with Crippen molar-refractivity contribution in [1.29, 1.82) is 0 Å². The van der Waals surface area contributed by atoms with E-state index in [4.69, 9.17) is 16.3 Å². The Labute approximate surface area is 176 Å². The van der Waals surface area contributed by atoms with Crippen molar-refractivity contribution in [2.24, 2.45) is 4.99 Å². The molecule has 26 heavy (non-hydrogen) atoms. The Morgan fingerprint density at radius 2 is 1.85 bits per heavy atom. The number of methoxy groups -OCH3 is 1. The first kappa shape index (κ1) is 22.4. The fourth-order valence-electron chi connectivity index (χ4n) is 2.38. The summed E-state index contributed by atoms with van der Waals surface area (Å²) in [6, 6.07) is 13.2. The van der Waals surface area contributed by atoms with Crippen molar-refractivity contribution in [3.05, 3.63) is 58.6 Å². The molecule has 0 aliphatic rings. The van der Waals surface area contributed by atoms with Crippen LogP contribution in [-0.4, -0.2) is 31.3 Å². The van der Waals surface area contributed by atoms with Gasteiger partial charge in [0.25, 0.3) is 0 Å². The van der Waals surface area contributed by atoms with E-state index >= 15 is 0 Å². The van der Waals surface area contributed by atoms with Crippen LogP contribution in [0.1, 0.15) is 18.1 Å². The minimum absolute atomic E-state index is 0. The van der Waals surface area contributed by atoms with Gasteiger partial charge < -0.3 is 20.5 Å². The largest absolute Gasteiger partial charge is 0.504 e. The second-order valence-electron chi connectivity index (χ2n) is 5.43. The number of para-hydroxylation sites is 1. The van der Waals surface area contributed by atoms with Gasteiger partial charge in [0, 0.05) is 23.7 Å². The third-order valence-corrected chi connectivity index (χ3v) is 4.07. The number of halogens is 2. The molecule has 0 spiro atoms. The molecule has 0 amide bonds. The lowest BCUT2D eigenvalue weighted by molar-refractivity contribution is 0.370. The maximum atomic E-state index is 10.1. The molecule has 0 atom stereocenters. The minimum atomic E-state index is 0. The summed E-state index contributed by atoms with van der Waals surface area (Å²) in [6.45, 7) is 3.82. The molecule has 0 bridgehead atoms. The third kappa shape index (κ3) is 6.57. The van der Waals surface area contributed by atoms with Crippen molar-refractivity contribution in [3.8, 4) is 11.5 Å². The number of aromatic hydroxyl groups is 1. The van der Waals surface area contributed by atoms with E-state index in [0.29, 0.717) is 30.4 Å². The number of rotatable bonds is 7. The molecule has 0 aliphatic heterocycles. The molecule has 5 nitrogen and oxygen atoms in total. The van der Waals surface area contributed by atoms with Gasteiger partial charge in [-0.25, -0.2) is 4.99 Å². The Morgan fingerprint density at radius 3 is 2.54 bits per heavy atom. The van der Waals surface area contributed by atoms with Crippen molar-refractivity contribution in [3.63, 3.8) is 0 Å². The number of benzene rings is 2. The van der Waals surface area contributed by atoms with Crippen LogP contribution >= 0.6 is 35.6 Å². The zero-order valence-corrected chi connectivity index (χ0v) is 18.0. The minimum Gasteiger partial charge on any atom is -0.504 e. The Hall–Kier alpha value is -1.67. The van der Waals surface area contributed by atoms with Gasteiger partial charge in [-0.1, -0.05) is 41.9 Å². The summed E-state index contributed by atoms with van der Waals surface area (Å²) in [5.74, 6) is 1.27. The molecule has 142 valence electrons. The molecule has 0 aromatic heterocycles. The lowest BCUT2D eigenvalue weighted by Crippen LogP contribution is -2.38. The first-order valence-electron chi connectivity index (χ1n) is 8.26. The van der Waals surface area contributed by atoms with E-state index < -0.39 is 0 Å². The molecule has 0 saturated carbocycles. The number of guanidine groups is 1. The predicted octanol–water partition coefficient (Wildman–Crippen LogP) is 3.97. The fourth-order valence-corrected chi connectivity index (χ4v) is 2.61. The molecule has 3 N–H and O–H groups in total. The second-order valence-corrected chi connectivity index (χ2v) is 5.84. The molecule has 0 radical (unpaired) electrons. The predicted molar refractivity (Wildman–Crippen MR) is 118 cm³/mol. The van der Waals surface area contributed by atoms with Crippen molar-refractivity contribution in [2.45, 2.75) is 19.9 Å². The van der Waals surface area contributed by atoms with E-state index in [1.807, 2.05) is 43.3 Å². The Morgan fingerprint density at radius 1 is 1.12 bits per heavy atom. The van der Waals surface area contributed by atoms with Gasteiger partial charge in [-0.15, -0.1) is 24.0 Å². The molecule has 0 aliphatic carbocycles. The van der Waals surface area contributed by atoms with E-state index in [2.05, 4.69) is 15.6 Å². The van der Waals surface area contributed by atoms with Crippen molar-refractivity contribution >= 4 is 41.5 Å². The highest BCUT2D eigenvalue weighted by atomic mass is 127. The zero-order valence-electron chi connectivity index (χ0n) is 15.0. The van der Waals surface area contributed by atoms with Gasteiger partial charge >= 0.3 is 0 Å². The number of aliphatic imine (C=N–C) groups is 1. The SMILES string of the molecule is CCNC(=NCc1cccc(OC)c1O)NCCc1ccccc1Cl.I. The maximum absolute atomic E-state index is 10.1. The number of phenols is 1. The van der Waals surface area contributed by atoms with Crippen LogP contribution in [0.25, 0.3) is 0 Å². The highest BCUT2D eigenvalue weighted by Gasteiger charge is 2.07. The molecule has 0 unspecified atom stereocenters. The summed E-state index contributed by atoms with van der Waals surface area (Å²) in [5.41, 5.74) is 1.81. The smallest absolute Gasteiger partial charge is 0.191 e. The topological polar surface area (TPSA) is 65.9 Å². The van der Waals surface area contributed by atoms with Crippen LogP contribution in [0, 0.1) is 0 Å². The second kappa shape index (κ2) is 11.9. The van der Waals surface area contributed by atoms with E-state index in [9.17, 15) is 5.11 Å². The summed E-state index contributed by atoms with van der Waals surface area (Å²) in [5, 5.41) is 17.4. The highest BCUT2D eigenvalue weighted by Crippen LogP contribution is 2.29. The van der Waals surface area contributed by atoms with Crippen molar-refractivity contribution < 1.29 is 9.84 Å². The number of ether oxygens (including phenoxy) is 1. The molecule has 2 aromatic carbocycles. The van der Waals surface area contributed by atoms with Crippen LogP contribution in [0.3, 0.4) is 0 Å². The number of hydrogen-bond donors (Lipinski definition) is 3. The van der Waals surface area contributed by atoms with Gasteiger partial charge in [0.1, 0.15) is 0 Å². The summed E-state index contributed by atoms with van der Waals surface area (Å²) >= 11 is 6.17. The fraction of sp³-hybridized carbons (Fsp3) is 0.316. The lowest BCUT2D eigenvalue weighted by Gasteiger charge is -2.12. The van der Waals surface area contributed by atoms with Crippen LogP contribution in [0.4, 0.5) is 0 Å². The van der Waals surface area contributed by atoms with Crippen LogP contribution in [0.15, 0.2) is 47.5 Å². The average molecular weight is 490 g/mol. The van der Waals surface area contributed by atoms with E-state index in [1.54, 1.807) is 6.07 Å². The standard InChI is InChI=1S/C19H24ClN3O2.HI/c1-3-21-19(22-12-11-14-7-4-5-9-16(14)20)23-13-15-8-6-10-17(25-2)18(15)24;/h4-10,24H,3,11-13H2,1-2H3,(H2,21,22,23);1H. The number of nitrogens with zero attached hydrogens (tertiary/aromatic N) is 1. The van der Waals surface area contributed by atoms with Gasteiger partial charge in [0.05, 0.1) is 13.7 Å². The van der Waals surface area contributed by atoms with Gasteiger partial charge in [-0.05, 0) is 31.0 Å². The third-order valence-electron chi connectivity index (χ3n) is 3.70. The van der Waals surface area contributed by atoms with E-state index in [-0.39, 0.29) is 29.7 Å². The molecule has 0 saturated heterocycles. The first-order chi connectivity index (χ1) is 12.2. The summed E-state index contributed by atoms with van der Waals surface area (Å²) in [4.78, 5) is 4.52. The van der Waals surface area contributed by atoms with Crippen LogP contribution in [0.5, 0.6) is 11.5 Å². The Balaban J connectivity index is 0.00000338. The molecule has 0 fully saturated rings. The van der Waals surface area contributed by atoms with E-state index in [0.717, 1.165) is 23.6 Å². The highest BCUT2D eigenvalue weighted by molar-refractivity contribution is 14.0. The van der Waals surface area contributed by atoms with Crippen molar-refractivity contribution in [2.75, 3.05) is 20.2 Å². The van der Waals surface area contributed by atoms with Gasteiger partial charge in [-0.3, -0.25) is 0 Å². The zero-order chi connectivity index (χ0) is 18.1. The average Bonchev–Trinajstić information content (AvgIpc) is 2.62.